The van der Waals surface area contributed by atoms with Crippen LogP contribution in [-0.4, -0.2) is 22.2 Å². The molecule has 1 saturated carbocycles. The summed E-state index contributed by atoms with van der Waals surface area (Å²) < 4.78 is 0. The first-order valence-corrected chi connectivity index (χ1v) is 7.18. The van der Waals surface area contributed by atoms with Gasteiger partial charge in [-0.15, -0.1) is 0 Å². The fraction of sp³-hybridized carbons (Fsp3) is 0.222. The van der Waals surface area contributed by atoms with Gasteiger partial charge in [-0.1, -0.05) is 54.6 Å². The van der Waals surface area contributed by atoms with Crippen LogP contribution in [0.4, 0.5) is 0 Å². The van der Waals surface area contributed by atoms with Crippen molar-refractivity contribution in [3.63, 3.8) is 0 Å². The second-order valence-corrected chi connectivity index (χ2v) is 5.66. The van der Waals surface area contributed by atoms with E-state index in [1.807, 2.05) is 54.6 Å². The van der Waals surface area contributed by atoms with Gasteiger partial charge in [0.2, 0.25) is 0 Å². The summed E-state index contributed by atoms with van der Waals surface area (Å²) in [6.45, 7) is 0. The van der Waals surface area contributed by atoms with Crippen LogP contribution in [-0.2, 0) is 9.59 Å². The van der Waals surface area contributed by atoms with Gasteiger partial charge in [-0.3, -0.25) is 9.59 Å². The van der Waals surface area contributed by atoms with E-state index in [4.69, 9.17) is 0 Å². The molecule has 1 fully saturated rings. The van der Waals surface area contributed by atoms with Gasteiger partial charge in [-0.2, -0.15) is 0 Å². The number of rotatable bonds is 4. The molecule has 2 aromatic carbocycles. The molecule has 0 amide bonds. The lowest BCUT2D eigenvalue weighted by molar-refractivity contribution is -0.174. The van der Waals surface area contributed by atoms with Crippen molar-refractivity contribution in [3.8, 4) is 11.1 Å². The maximum absolute atomic E-state index is 11.5. The number of aliphatic carboxylic acids is 2. The minimum atomic E-state index is -1.69. The smallest absolute Gasteiger partial charge is 0.321 e. The van der Waals surface area contributed by atoms with Crippen LogP contribution < -0.4 is 0 Å². The van der Waals surface area contributed by atoms with E-state index in [0.717, 1.165) is 16.7 Å². The van der Waals surface area contributed by atoms with Crippen LogP contribution in [0.3, 0.4) is 0 Å². The molecule has 1 atom stereocenters. The zero-order valence-corrected chi connectivity index (χ0v) is 11.9. The zero-order chi connectivity index (χ0) is 15.7. The van der Waals surface area contributed by atoms with Gasteiger partial charge in [0, 0.05) is 5.92 Å². The molecule has 0 radical (unpaired) electrons. The molecule has 0 aromatic heterocycles. The summed E-state index contributed by atoms with van der Waals surface area (Å²) >= 11 is 0. The van der Waals surface area contributed by atoms with Gasteiger partial charge in [-0.25, -0.2) is 0 Å². The molecule has 0 bridgehead atoms. The second-order valence-electron chi connectivity index (χ2n) is 5.66. The van der Waals surface area contributed by atoms with E-state index >= 15 is 0 Å². The average molecular weight is 296 g/mol. The summed E-state index contributed by atoms with van der Waals surface area (Å²) in [4.78, 5) is 23.0. The van der Waals surface area contributed by atoms with Gasteiger partial charge in [0.1, 0.15) is 0 Å². The average Bonchev–Trinajstić information content (AvgIpc) is 2.47. The van der Waals surface area contributed by atoms with Crippen molar-refractivity contribution >= 4 is 11.9 Å². The Labute approximate surface area is 128 Å². The third-order valence-corrected chi connectivity index (χ3v) is 4.58. The molecule has 4 nitrogen and oxygen atoms in total. The molecular formula is C18H16O4. The maximum Gasteiger partial charge on any atom is 0.321 e. The highest BCUT2D eigenvalue weighted by molar-refractivity contribution is 6.00. The highest BCUT2D eigenvalue weighted by Gasteiger charge is 2.59. The summed E-state index contributed by atoms with van der Waals surface area (Å²) in [5, 5.41) is 18.8. The SMILES string of the molecule is O=C(O)C1(C(=O)O)CCC1c1cccc(-c2ccccc2)c1. The number of carbonyl (C=O) groups is 2. The first-order chi connectivity index (χ1) is 10.6. The van der Waals surface area contributed by atoms with Gasteiger partial charge >= 0.3 is 11.9 Å². The minimum absolute atomic E-state index is 0.178. The van der Waals surface area contributed by atoms with Crippen molar-refractivity contribution in [2.45, 2.75) is 18.8 Å². The van der Waals surface area contributed by atoms with Crippen molar-refractivity contribution in [1.82, 2.24) is 0 Å². The molecule has 0 spiro atoms. The molecule has 0 saturated heterocycles. The quantitative estimate of drug-likeness (QED) is 0.848. The Morgan fingerprint density at radius 3 is 2.09 bits per heavy atom. The lowest BCUT2D eigenvalue weighted by Crippen LogP contribution is -2.51. The molecule has 2 aromatic rings. The van der Waals surface area contributed by atoms with Crippen molar-refractivity contribution in [2.75, 3.05) is 0 Å². The molecule has 0 aliphatic heterocycles. The van der Waals surface area contributed by atoms with Crippen molar-refractivity contribution in [1.29, 1.82) is 0 Å². The molecule has 3 rings (SSSR count). The monoisotopic (exact) mass is 296 g/mol. The standard InChI is InChI=1S/C18H16O4/c19-16(20)18(17(21)22)10-9-15(18)14-8-4-7-13(11-14)12-5-2-1-3-6-12/h1-8,11,15H,9-10H2,(H,19,20)(H,21,22). The number of hydrogen-bond acceptors (Lipinski definition) is 2. The predicted octanol–water partition coefficient (Wildman–Crippen LogP) is 3.39. The van der Waals surface area contributed by atoms with E-state index in [1.54, 1.807) is 0 Å². The van der Waals surface area contributed by atoms with Crippen LogP contribution >= 0.6 is 0 Å². The van der Waals surface area contributed by atoms with Crippen LogP contribution in [0, 0.1) is 5.41 Å². The van der Waals surface area contributed by atoms with Crippen molar-refractivity contribution in [2.24, 2.45) is 5.41 Å². The molecule has 112 valence electrons. The summed E-state index contributed by atoms with van der Waals surface area (Å²) in [6, 6.07) is 17.3. The first kappa shape index (κ1) is 14.3. The third-order valence-electron chi connectivity index (χ3n) is 4.58. The Balaban J connectivity index is 2.00. The summed E-state index contributed by atoms with van der Waals surface area (Å²) in [7, 11) is 0. The number of carboxylic acid groups (broad SMARTS) is 2. The van der Waals surface area contributed by atoms with E-state index in [2.05, 4.69) is 0 Å². The molecule has 1 unspecified atom stereocenters. The van der Waals surface area contributed by atoms with E-state index in [1.165, 1.54) is 0 Å². The summed E-state index contributed by atoms with van der Waals surface area (Å²) in [6.07, 6.45) is 0.759. The Morgan fingerprint density at radius 2 is 1.55 bits per heavy atom. The minimum Gasteiger partial charge on any atom is -0.480 e. The normalized spacial score (nSPS) is 19.2. The third kappa shape index (κ3) is 2.08. The van der Waals surface area contributed by atoms with Crippen LogP contribution in [0.25, 0.3) is 11.1 Å². The van der Waals surface area contributed by atoms with Gasteiger partial charge < -0.3 is 10.2 Å². The molecule has 1 aliphatic rings. The van der Waals surface area contributed by atoms with Crippen LogP contribution in [0.1, 0.15) is 24.3 Å². The largest absolute Gasteiger partial charge is 0.480 e. The molecule has 4 heteroatoms. The van der Waals surface area contributed by atoms with Gasteiger partial charge in [0.05, 0.1) is 0 Å². The summed E-state index contributed by atoms with van der Waals surface area (Å²) in [5.41, 5.74) is 1.09. The van der Waals surface area contributed by atoms with E-state index in [9.17, 15) is 19.8 Å². The van der Waals surface area contributed by atoms with Gasteiger partial charge in [0.15, 0.2) is 5.41 Å². The second kappa shape index (κ2) is 5.30. The van der Waals surface area contributed by atoms with Crippen molar-refractivity contribution in [3.05, 3.63) is 60.2 Å². The van der Waals surface area contributed by atoms with Crippen LogP contribution in [0.5, 0.6) is 0 Å². The Kier molecular flexibility index (Phi) is 3.45. The number of carboxylic acids is 2. The predicted molar refractivity (Wildman–Crippen MR) is 81.6 cm³/mol. The molecule has 22 heavy (non-hydrogen) atoms. The van der Waals surface area contributed by atoms with Gasteiger partial charge in [0.25, 0.3) is 0 Å². The first-order valence-electron chi connectivity index (χ1n) is 7.18. The fourth-order valence-electron chi connectivity index (χ4n) is 3.20. The van der Waals surface area contributed by atoms with E-state index < -0.39 is 23.3 Å². The Morgan fingerprint density at radius 1 is 0.909 bits per heavy atom. The maximum atomic E-state index is 11.5. The van der Waals surface area contributed by atoms with E-state index in [-0.39, 0.29) is 6.42 Å². The van der Waals surface area contributed by atoms with Crippen LogP contribution in [0.2, 0.25) is 0 Å². The number of hydrogen-bond donors (Lipinski definition) is 2. The van der Waals surface area contributed by atoms with Crippen LogP contribution in [0.15, 0.2) is 54.6 Å². The lowest BCUT2D eigenvalue weighted by atomic mass is 9.57. The van der Waals surface area contributed by atoms with E-state index in [0.29, 0.717) is 6.42 Å². The topological polar surface area (TPSA) is 74.6 Å². The number of benzene rings is 2. The lowest BCUT2D eigenvalue weighted by Gasteiger charge is -2.43. The zero-order valence-electron chi connectivity index (χ0n) is 11.9. The highest BCUT2D eigenvalue weighted by Crippen LogP contribution is 2.53. The highest BCUT2D eigenvalue weighted by atomic mass is 16.4. The van der Waals surface area contributed by atoms with Crippen molar-refractivity contribution < 1.29 is 19.8 Å². The Bertz CT molecular complexity index is 707. The Hall–Kier alpha value is -2.62. The molecular weight excluding hydrogens is 280 g/mol. The van der Waals surface area contributed by atoms with Gasteiger partial charge in [-0.05, 0) is 29.5 Å². The molecule has 0 heterocycles. The fourth-order valence-corrected chi connectivity index (χ4v) is 3.20. The molecule has 1 aliphatic carbocycles. The summed E-state index contributed by atoms with van der Waals surface area (Å²) in [5.74, 6) is -2.98. The molecule has 2 N–H and O–H groups in total.